The number of nitrogens with one attached hydrogen (secondary N) is 2. The normalized spacial score (nSPS) is 12.4. The number of carbonyl (C=O) groups is 2. The van der Waals surface area contributed by atoms with Crippen molar-refractivity contribution >= 4 is 44.8 Å². The van der Waals surface area contributed by atoms with Crippen LogP contribution in [0.4, 0.5) is 0 Å². The first kappa shape index (κ1) is 20.4. The number of halogens is 1. The zero-order valence-electron chi connectivity index (χ0n) is 14.0. The van der Waals surface area contributed by atoms with Gasteiger partial charge in [-0.15, -0.1) is 11.3 Å². The van der Waals surface area contributed by atoms with Gasteiger partial charge in [0.1, 0.15) is 4.90 Å². The Morgan fingerprint density at radius 3 is 2.65 bits per heavy atom. The standard InChI is InChI=1S/C16H17ClN2O5S2/c1-10(13-4-3-7-25-13)19-15(20)9-24-16(21)11-5-6-12(17)14(8-11)26(22,23)18-2/h3-8,10,18H,9H2,1-2H3,(H,19,20)/t10-/m0/s1. The Morgan fingerprint density at radius 2 is 2.04 bits per heavy atom. The minimum absolute atomic E-state index is 0.0256. The van der Waals surface area contributed by atoms with E-state index in [9.17, 15) is 18.0 Å². The van der Waals surface area contributed by atoms with Crippen LogP contribution in [-0.2, 0) is 19.6 Å². The molecule has 140 valence electrons. The van der Waals surface area contributed by atoms with Crippen molar-refractivity contribution in [2.75, 3.05) is 13.7 Å². The van der Waals surface area contributed by atoms with E-state index in [-0.39, 0.29) is 21.5 Å². The minimum atomic E-state index is -3.83. The maximum Gasteiger partial charge on any atom is 0.338 e. The van der Waals surface area contributed by atoms with Gasteiger partial charge in [-0.25, -0.2) is 17.9 Å². The van der Waals surface area contributed by atoms with E-state index in [4.69, 9.17) is 16.3 Å². The maximum absolute atomic E-state index is 12.1. The topological polar surface area (TPSA) is 102 Å². The third-order valence-electron chi connectivity index (χ3n) is 3.41. The molecule has 7 nitrogen and oxygen atoms in total. The van der Waals surface area contributed by atoms with E-state index in [1.165, 1.54) is 30.5 Å². The van der Waals surface area contributed by atoms with Crippen LogP contribution in [0, 0.1) is 0 Å². The highest BCUT2D eigenvalue weighted by Gasteiger charge is 2.20. The first-order chi connectivity index (χ1) is 12.2. The first-order valence-corrected chi connectivity index (χ1v) is 10.2. The number of amides is 1. The lowest BCUT2D eigenvalue weighted by Crippen LogP contribution is -2.30. The van der Waals surface area contributed by atoms with Crippen LogP contribution in [0.2, 0.25) is 5.02 Å². The molecule has 2 rings (SSSR count). The smallest absolute Gasteiger partial charge is 0.338 e. The fraction of sp³-hybridized carbons (Fsp3) is 0.250. The number of hydrogen-bond donors (Lipinski definition) is 2. The molecular formula is C16H17ClN2O5S2. The summed E-state index contributed by atoms with van der Waals surface area (Å²) in [7, 11) is -2.59. The van der Waals surface area contributed by atoms with Gasteiger partial charge in [0.25, 0.3) is 5.91 Å². The Bertz CT molecular complexity index is 897. The van der Waals surface area contributed by atoms with Crippen molar-refractivity contribution in [3.63, 3.8) is 0 Å². The summed E-state index contributed by atoms with van der Waals surface area (Å²) in [5, 5.41) is 4.58. The fourth-order valence-electron chi connectivity index (χ4n) is 2.05. The predicted octanol–water partition coefficient (Wildman–Crippen LogP) is 2.34. The third kappa shape index (κ3) is 5.04. The number of sulfonamides is 1. The van der Waals surface area contributed by atoms with Crippen molar-refractivity contribution in [2.45, 2.75) is 17.9 Å². The zero-order chi connectivity index (χ0) is 19.3. The van der Waals surface area contributed by atoms with Gasteiger partial charge in [0.15, 0.2) is 6.61 Å². The van der Waals surface area contributed by atoms with E-state index >= 15 is 0 Å². The summed E-state index contributed by atoms with van der Waals surface area (Å²) in [5.41, 5.74) is -0.0256. The Balaban J connectivity index is 2.00. The molecule has 1 atom stereocenters. The average molecular weight is 417 g/mol. The molecule has 0 fully saturated rings. The second-order valence-electron chi connectivity index (χ2n) is 5.23. The van der Waals surface area contributed by atoms with Gasteiger partial charge in [-0.2, -0.15) is 0 Å². The molecule has 0 aliphatic rings. The third-order valence-corrected chi connectivity index (χ3v) is 6.36. The lowest BCUT2D eigenvalue weighted by Gasteiger charge is -2.12. The number of esters is 1. The van der Waals surface area contributed by atoms with Gasteiger partial charge in [0.2, 0.25) is 10.0 Å². The van der Waals surface area contributed by atoms with Crippen LogP contribution in [0.15, 0.2) is 40.6 Å². The SMILES string of the molecule is CNS(=O)(=O)c1cc(C(=O)OCC(=O)N[C@@H](C)c2cccs2)ccc1Cl. The molecule has 0 aliphatic carbocycles. The second-order valence-corrected chi connectivity index (χ2v) is 8.47. The van der Waals surface area contributed by atoms with Gasteiger partial charge < -0.3 is 10.1 Å². The number of benzene rings is 1. The first-order valence-electron chi connectivity index (χ1n) is 7.47. The summed E-state index contributed by atoms with van der Waals surface area (Å²) in [6.45, 7) is 1.34. The molecule has 0 aliphatic heterocycles. The lowest BCUT2D eigenvalue weighted by molar-refractivity contribution is -0.124. The van der Waals surface area contributed by atoms with Crippen molar-refractivity contribution in [3.05, 3.63) is 51.2 Å². The largest absolute Gasteiger partial charge is 0.452 e. The van der Waals surface area contributed by atoms with Gasteiger partial charge >= 0.3 is 5.97 Å². The Morgan fingerprint density at radius 1 is 1.31 bits per heavy atom. The summed E-state index contributed by atoms with van der Waals surface area (Å²) in [4.78, 5) is 24.7. The van der Waals surface area contributed by atoms with Gasteiger partial charge in [-0.1, -0.05) is 17.7 Å². The van der Waals surface area contributed by atoms with Crippen molar-refractivity contribution < 1.29 is 22.7 Å². The van der Waals surface area contributed by atoms with Crippen LogP contribution in [0.1, 0.15) is 28.2 Å². The highest BCUT2D eigenvalue weighted by atomic mass is 35.5. The van der Waals surface area contributed by atoms with Crippen LogP contribution in [-0.4, -0.2) is 33.9 Å². The Labute approximate surface area is 160 Å². The molecule has 1 aromatic carbocycles. The summed E-state index contributed by atoms with van der Waals surface area (Å²) < 4.78 is 30.8. The number of hydrogen-bond acceptors (Lipinski definition) is 6. The van der Waals surface area contributed by atoms with Crippen LogP contribution in [0.5, 0.6) is 0 Å². The quantitative estimate of drug-likeness (QED) is 0.674. The summed E-state index contributed by atoms with van der Waals surface area (Å²) in [6, 6.07) is 7.26. The molecule has 1 heterocycles. The number of rotatable bonds is 7. The molecule has 1 amide bonds. The van der Waals surface area contributed by atoms with E-state index in [0.29, 0.717) is 0 Å². The van der Waals surface area contributed by atoms with Crippen LogP contribution in [0.3, 0.4) is 0 Å². The summed E-state index contributed by atoms with van der Waals surface area (Å²) in [5.74, 6) is -1.29. The van der Waals surface area contributed by atoms with Gasteiger partial charge in [0.05, 0.1) is 16.6 Å². The highest BCUT2D eigenvalue weighted by molar-refractivity contribution is 7.89. The van der Waals surface area contributed by atoms with E-state index in [1.54, 1.807) is 0 Å². The monoisotopic (exact) mass is 416 g/mol. The maximum atomic E-state index is 12.1. The van der Waals surface area contributed by atoms with E-state index in [0.717, 1.165) is 10.9 Å². The predicted molar refractivity (Wildman–Crippen MR) is 98.9 cm³/mol. The summed E-state index contributed by atoms with van der Waals surface area (Å²) in [6.07, 6.45) is 0. The molecule has 2 N–H and O–H groups in total. The number of thiophene rings is 1. The molecule has 0 unspecified atom stereocenters. The Kier molecular flexibility index (Phi) is 6.76. The summed E-state index contributed by atoms with van der Waals surface area (Å²) >= 11 is 7.37. The average Bonchev–Trinajstić information content (AvgIpc) is 3.14. The van der Waals surface area contributed by atoms with Crippen molar-refractivity contribution in [2.24, 2.45) is 0 Å². The molecule has 0 radical (unpaired) electrons. The van der Waals surface area contributed by atoms with E-state index in [2.05, 4.69) is 10.0 Å². The van der Waals surface area contributed by atoms with Crippen molar-refractivity contribution in [3.8, 4) is 0 Å². The molecule has 2 aromatic rings. The van der Waals surface area contributed by atoms with E-state index in [1.807, 2.05) is 24.4 Å². The van der Waals surface area contributed by atoms with Crippen molar-refractivity contribution in [1.29, 1.82) is 0 Å². The van der Waals surface area contributed by atoms with Gasteiger partial charge in [-0.3, -0.25) is 4.79 Å². The number of carbonyl (C=O) groups excluding carboxylic acids is 2. The fourth-order valence-corrected chi connectivity index (χ4v) is 4.04. The minimum Gasteiger partial charge on any atom is -0.452 e. The zero-order valence-corrected chi connectivity index (χ0v) is 16.4. The molecule has 10 heteroatoms. The van der Waals surface area contributed by atoms with Crippen LogP contribution < -0.4 is 10.0 Å². The lowest BCUT2D eigenvalue weighted by atomic mass is 10.2. The molecule has 0 saturated carbocycles. The highest BCUT2D eigenvalue weighted by Crippen LogP contribution is 2.23. The van der Waals surface area contributed by atoms with Crippen LogP contribution >= 0.6 is 22.9 Å². The second kappa shape index (κ2) is 8.63. The molecule has 1 aromatic heterocycles. The van der Waals surface area contributed by atoms with E-state index < -0.39 is 28.5 Å². The van der Waals surface area contributed by atoms with Gasteiger partial charge in [0, 0.05) is 4.88 Å². The molecular weight excluding hydrogens is 400 g/mol. The van der Waals surface area contributed by atoms with Gasteiger partial charge in [-0.05, 0) is 43.6 Å². The van der Waals surface area contributed by atoms with Crippen molar-refractivity contribution in [1.82, 2.24) is 10.0 Å². The van der Waals surface area contributed by atoms with Crippen LogP contribution in [0.25, 0.3) is 0 Å². The Hall–Kier alpha value is -1.94. The molecule has 0 bridgehead atoms. The molecule has 26 heavy (non-hydrogen) atoms. The molecule has 0 spiro atoms. The number of ether oxygens (including phenoxy) is 1. The molecule has 0 saturated heterocycles.